The number of nitriles is 1. The summed E-state index contributed by atoms with van der Waals surface area (Å²) in [5.41, 5.74) is 3.43. The second-order valence-corrected chi connectivity index (χ2v) is 7.38. The van der Waals surface area contributed by atoms with Crippen molar-refractivity contribution in [3.8, 4) is 23.1 Å². The van der Waals surface area contributed by atoms with E-state index in [1.165, 1.54) is 11.3 Å². The van der Waals surface area contributed by atoms with Gasteiger partial charge in [-0.2, -0.15) is 5.26 Å². The zero-order valence-electron chi connectivity index (χ0n) is 14.7. The first-order valence-electron chi connectivity index (χ1n) is 8.42. The molecular formula is C22H17BrN2OS. The molecule has 3 aromatic rings. The SMILES string of the molecule is CCOc1ccc(-c2csc(/C(C#N)=C/C(Br)=C\c3ccccc3)n2)cc1. The van der Waals surface area contributed by atoms with Crippen molar-refractivity contribution in [1.29, 1.82) is 5.26 Å². The Morgan fingerprint density at radius 1 is 1.19 bits per heavy atom. The minimum atomic E-state index is 0.524. The maximum absolute atomic E-state index is 9.55. The highest BCUT2D eigenvalue weighted by atomic mass is 79.9. The average molecular weight is 437 g/mol. The van der Waals surface area contributed by atoms with E-state index >= 15 is 0 Å². The summed E-state index contributed by atoms with van der Waals surface area (Å²) in [6, 6.07) is 20.0. The molecule has 5 heteroatoms. The highest BCUT2D eigenvalue weighted by Crippen LogP contribution is 2.29. The van der Waals surface area contributed by atoms with E-state index in [0.29, 0.717) is 17.2 Å². The number of rotatable bonds is 6. The van der Waals surface area contributed by atoms with Gasteiger partial charge in [-0.3, -0.25) is 0 Å². The van der Waals surface area contributed by atoms with Crippen molar-refractivity contribution < 1.29 is 4.74 Å². The van der Waals surface area contributed by atoms with Gasteiger partial charge in [0.25, 0.3) is 0 Å². The Balaban J connectivity index is 1.83. The number of benzene rings is 2. The maximum Gasteiger partial charge on any atom is 0.134 e. The molecule has 0 aliphatic carbocycles. The van der Waals surface area contributed by atoms with Crippen LogP contribution in [0.4, 0.5) is 0 Å². The molecule has 3 nitrogen and oxygen atoms in total. The Labute approximate surface area is 171 Å². The summed E-state index contributed by atoms with van der Waals surface area (Å²) in [7, 11) is 0. The van der Waals surface area contributed by atoms with Crippen molar-refractivity contribution in [1.82, 2.24) is 4.98 Å². The lowest BCUT2D eigenvalue weighted by molar-refractivity contribution is 0.340. The normalized spacial score (nSPS) is 11.9. The molecule has 0 radical (unpaired) electrons. The third-order valence-electron chi connectivity index (χ3n) is 3.70. The topological polar surface area (TPSA) is 45.9 Å². The first-order chi connectivity index (χ1) is 13.2. The van der Waals surface area contributed by atoms with Crippen LogP contribution in [0.25, 0.3) is 22.9 Å². The molecule has 0 saturated heterocycles. The van der Waals surface area contributed by atoms with Gasteiger partial charge < -0.3 is 4.74 Å². The second-order valence-electron chi connectivity index (χ2n) is 5.61. The van der Waals surface area contributed by atoms with Crippen LogP contribution in [0.1, 0.15) is 17.5 Å². The summed E-state index contributed by atoms with van der Waals surface area (Å²) in [5, 5.41) is 12.2. The summed E-state index contributed by atoms with van der Waals surface area (Å²) in [4.78, 5) is 4.63. The molecular weight excluding hydrogens is 420 g/mol. The Bertz CT molecular complexity index is 999. The summed E-state index contributed by atoms with van der Waals surface area (Å²) >= 11 is 4.98. The van der Waals surface area contributed by atoms with Gasteiger partial charge in [0.15, 0.2) is 0 Å². The van der Waals surface area contributed by atoms with Crippen LogP contribution >= 0.6 is 27.3 Å². The first kappa shape index (κ1) is 19.1. The third-order valence-corrected chi connectivity index (χ3v) is 5.04. The van der Waals surface area contributed by atoms with E-state index < -0.39 is 0 Å². The van der Waals surface area contributed by atoms with Gasteiger partial charge in [-0.05, 0) is 48.9 Å². The van der Waals surface area contributed by atoms with Gasteiger partial charge in [0, 0.05) is 15.4 Å². The molecule has 0 saturated carbocycles. The molecule has 0 amide bonds. The maximum atomic E-state index is 9.55. The molecule has 0 bridgehead atoms. The third kappa shape index (κ3) is 5.16. The van der Waals surface area contributed by atoms with E-state index in [9.17, 15) is 5.26 Å². The number of hydrogen-bond donors (Lipinski definition) is 0. The fourth-order valence-electron chi connectivity index (χ4n) is 2.45. The van der Waals surface area contributed by atoms with Crippen molar-refractivity contribution in [3.63, 3.8) is 0 Å². The van der Waals surface area contributed by atoms with Crippen LogP contribution < -0.4 is 4.74 Å². The summed E-state index contributed by atoms with van der Waals surface area (Å²) < 4.78 is 6.29. The van der Waals surface area contributed by atoms with E-state index in [1.54, 1.807) is 6.08 Å². The van der Waals surface area contributed by atoms with Gasteiger partial charge >= 0.3 is 0 Å². The van der Waals surface area contributed by atoms with Crippen LogP contribution in [0, 0.1) is 11.3 Å². The van der Waals surface area contributed by atoms with Gasteiger partial charge in [-0.25, -0.2) is 4.98 Å². The first-order valence-corrected chi connectivity index (χ1v) is 10.1. The van der Waals surface area contributed by atoms with Gasteiger partial charge in [-0.1, -0.05) is 46.3 Å². The number of aromatic nitrogens is 1. The summed E-state index contributed by atoms with van der Waals surface area (Å²) in [6.07, 6.45) is 3.77. The van der Waals surface area contributed by atoms with Crippen molar-refractivity contribution in [2.24, 2.45) is 0 Å². The van der Waals surface area contributed by atoms with Gasteiger partial charge in [0.05, 0.1) is 17.9 Å². The Hall–Kier alpha value is -2.68. The minimum absolute atomic E-state index is 0.524. The van der Waals surface area contributed by atoms with Crippen molar-refractivity contribution in [3.05, 3.63) is 81.1 Å². The highest BCUT2D eigenvalue weighted by Gasteiger charge is 2.09. The lowest BCUT2D eigenvalue weighted by Gasteiger charge is -2.03. The number of allylic oxidation sites excluding steroid dienone is 3. The zero-order chi connectivity index (χ0) is 19.1. The van der Waals surface area contributed by atoms with Crippen LogP contribution in [0.5, 0.6) is 5.75 Å². The Morgan fingerprint density at radius 3 is 2.59 bits per heavy atom. The average Bonchev–Trinajstić information content (AvgIpc) is 3.18. The summed E-state index contributed by atoms with van der Waals surface area (Å²) in [5.74, 6) is 0.837. The molecule has 2 aromatic carbocycles. The van der Waals surface area contributed by atoms with Crippen molar-refractivity contribution >= 4 is 38.9 Å². The fraction of sp³-hybridized carbons (Fsp3) is 0.0909. The molecule has 134 valence electrons. The number of thiazole rings is 1. The zero-order valence-corrected chi connectivity index (χ0v) is 17.1. The number of halogens is 1. The van der Waals surface area contributed by atoms with E-state index in [-0.39, 0.29) is 0 Å². The molecule has 0 atom stereocenters. The molecule has 27 heavy (non-hydrogen) atoms. The fourth-order valence-corrected chi connectivity index (χ4v) is 3.74. The predicted octanol–water partition coefficient (Wildman–Crippen LogP) is 6.55. The lowest BCUT2D eigenvalue weighted by atomic mass is 10.1. The molecule has 0 aliphatic heterocycles. The molecule has 3 rings (SSSR count). The van der Waals surface area contributed by atoms with Gasteiger partial charge in [0.1, 0.15) is 16.8 Å². The Morgan fingerprint density at radius 2 is 1.93 bits per heavy atom. The smallest absolute Gasteiger partial charge is 0.134 e. The minimum Gasteiger partial charge on any atom is -0.494 e. The number of hydrogen-bond acceptors (Lipinski definition) is 4. The Kier molecular flexibility index (Phi) is 6.59. The van der Waals surface area contributed by atoms with Crippen LogP contribution in [0.2, 0.25) is 0 Å². The second kappa shape index (κ2) is 9.31. The van der Waals surface area contributed by atoms with Crippen LogP contribution in [-0.2, 0) is 0 Å². The van der Waals surface area contributed by atoms with E-state index in [0.717, 1.165) is 27.1 Å². The van der Waals surface area contributed by atoms with Crippen molar-refractivity contribution in [2.75, 3.05) is 6.61 Å². The molecule has 0 unspecified atom stereocenters. The predicted molar refractivity (Wildman–Crippen MR) is 116 cm³/mol. The molecule has 0 spiro atoms. The molecule has 0 fully saturated rings. The van der Waals surface area contributed by atoms with E-state index in [4.69, 9.17) is 4.74 Å². The standard InChI is InChI=1S/C22H17BrN2OS/c1-2-26-20-10-8-17(9-11-20)21-15-27-22(25-21)18(14-24)13-19(23)12-16-6-4-3-5-7-16/h3-13,15H,2H2,1H3/b18-13+,19-12+. The molecule has 1 aromatic heterocycles. The lowest BCUT2D eigenvalue weighted by Crippen LogP contribution is -1.90. The van der Waals surface area contributed by atoms with E-state index in [2.05, 4.69) is 27.0 Å². The van der Waals surface area contributed by atoms with Crippen LogP contribution in [0.3, 0.4) is 0 Å². The largest absolute Gasteiger partial charge is 0.494 e. The quantitative estimate of drug-likeness (QED) is 0.324. The van der Waals surface area contributed by atoms with Crippen LogP contribution in [0.15, 0.2) is 70.5 Å². The van der Waals surface area contributed by atoms with E-state index in [1.807, 2.05) is 73.0 Å². The monoisotopic (exact) mass is 436 g/mol. The van der Waals surface area contributed by atoms with Gasteiger partial charge in [0.2, 0.25) is 0 Å². The molecule has 0 aliphatic rings. The summed E-state index contributed by atoms with van der Waals surface area (Å²) in [6.45, 7) is 2.60. The van der Waals surface area contributed by atoms with Crippen molar-refractivity contribution in [2.45, 2.75) is 6.92 Å². The molecule has 1 heterocycles. The highest BCUT2D eigenvalue weighted by molar-refractivity contribution is 9.12. The number of ether oxygens (including phenoxy) is 1. The molecule has 0 N–H and O–H groups in total. The van der Waals surface area contributed by atoms with Crippen LogP contribution in [-0.4, -0.2) is 11.6 Å². The number of nitrogens with zero attached hydrogens (tertiary/aromatic N) is 2. The van der Waals surface area contributed by atoms with Gasteiger partial charge in [-0.15, -0.1) is 11.3 Å².